The van der Waals surface area contributed by atoms with Crippen molar-refractivity contribution in [2.45, 2.75) is 31.7 Å². The van der Waals surface area contributed by atoms with Crippen LogP contribution < -0.4 is 4.90 Å². The first kappa shape index (κ1) is 11.9. The van der Waals surface area contributed by atoms with Gasteiger partial charge in [0.2, 0.25) is 5.65 Å². The topological polar surface area (TPSA) is 83.6 Å². The van der Waals surface area contributed by atoms with Crippen LogP contribution >= 0.6 is 0 Å². The van der Waals surface area contributed by atoms with Gasteiger partial charge in [-0.25, -0.2) is 9.78 Å². The fourth-order valence-electron chi connectivity index (χ4n) is 2.86. The van der Waals surface area contributed by atoms with Crippen molar-refractivity contribution < 1.29 is 9.90 Å². The molecule has 1 N–H and O–H groups in total. The molecule has 1 aliphatic heterocycles. The molecule has 0 aromatic carbocycles. The highest BCUT2D eigenvalue weighted by Crippen LogP contribution is 2.37. The van der Waals surface area contributed by atoms with Crippen LogP contribution in [0.5, 0.6) is 0 Å². The maximum Gasteiger partial charge on any atom is 0.329 e. The Labute approximate surface area is 109 Å². The van der Waals surface area contributed by atoms with Crippen LogP contribution in [0.2, 0.25) is 0 Å². The van der Waals surface area contributed by atoms with Crippen LogP contribution in [0.4, 0.5) is 5.82 Å². The second-order valence-electron chi connectivity index (χ2n) is 4.76. The van der Waals surface area contributed by atoms with Crippen molar-refractivity contribution in [3.63, 3.8) is 0 Å². The first-order valence-corrected chi connectivity index (χ1v) is 6.34. The summed E-state index contributed by atoms with van der Waals surface area (Å²) in [6.45, 7) is 2.58. The smallest absolute Gasteiger partial charge is 0.329 e. The molecule has 1 saturated heterocycles. The first-order valence-electron chi connectivity index (χ1n) is 6.34. The second kappa shape index (κ2) is 4.18. The molecule has 100 valence electrons. The van der Waals surface area contributed by atoms with Crippen LogP contribution in [0.3, 0.4) is 0 Å². The number of hydrogen-bond acceptors (Lipinski definition) is 5. The highest BCUT2D eigenvalue weighted by atomic mass is 16.4. The molecule has 3 rings (SSSR count). The van der Waals surface area contributed by atoms with E-state index in [1.54, 1.807) is 23.1 Å². The van der Waals surface area contributed by atoms with E-state index >= 15 is 0 Å². The number of fused-ring (bicyclic) bond motifs is 1. The Balaban J connectivity index is 2.15. The molecule has 1 unspecified atom stereocenters. The Morgan fingerprint density at radius 3 is 3.16 bits per heavy atom. The van der Waals surface area contributed by atoms with E-state index in [9.17, 15) is 9.90 Å². The number of aliphatic carboxylic acids is 1. The van der Waals surface area contributed by atoms with E-state index in [0.29, 0.717) is 30.9 Å². The minimum atomic E-state index is -0.874. The zero-order valence-electron chi connectivity index (χ0n) is 10.7. The predicted octanol–water partition coefficient (Wildman–Crippen LogP) is 0.958. The normalized spacial score (nSPS) is 23.1. The molecule has 7 heteroatoms. The average molecular weight is 261 g/mol. The molecule has 0 amide bonds. The highest BCUT2D eigenvalue weighted by molar-refractivity contribution is 5.85. The van der Waals surface area contributed by atoms with Gasteiger partial charge in [0, 0.05) is 18.9 Å². The van der Waals surface area contributed by atoms with Gasteiger partial charge in [-0.05, 0) is 19.3 Å². The van der Waals surface area contributed by atoms with Gasteiger partial charge in [0.15, 0.2) is 5.82 Å². The standard InChI is InChI=1S/C12H15N5O2/c1-2-12(11(18)19)4-3-6-17(12)9-10-15-14-8-16(10)7-5-13-9/h5,7-8H,2-4,6H2,1H3,(H,18,19). The summed E-state index contributed by atoms with van der Waals surface area (Å²) in [5.74, 6) is -0.197. The minimum Gasteiger partial charge on any atom is -0.479 e. The SMILES string of the molecule is CCC1(C(=O)O)CCCN1c1nccn2cnnc12. The van der Waals surface area contributed by atoms with Gasteiger partial charge in [0.25, 0.3) is 0 Å². The van der Waals surface area contributed by atoms with Crippen molar-refractivity contribution in [2.24, 2.45) is 0 Å². The molecule has 7 nitrogen and oxygen atoms in total. The Morgan fingerprint density at radius 1 is 1.58 bits per heavy atom. The quantitative estimate of drug-likeness (QED) is 0.886. The number of anilines is 1. The molecule has 0 aliphatic carbocycles. The zero-order valence-corrected chi connectivity index (χ0v) is 10.7. The molecule has 0 bridgehead atoms. The molecule has 0 saturated carbocycles. The van der Waals surface area contributed by atoms with Crippen molar-refractivity contribution >= 4 is 17.4 Å². The maximum atomic E-state index is 11.7. The van der Waals surface area contributed by atoms with Gasteiger partial charge in [-0.3, -0.25) is 4.40 Å². The van der Waals surface area contributed by atoms with Gasteiger partial charge in [0.05, 0.1) is 0 Å². The lowest BCUT2D eigenvalue weighted by Crippen LogP contribution is -2.50. The summed E-state index contributed by atoms with van der Waals surface area (Å²) in [5, 5.41) is 17.5. The molecule has 19 heavy (non-hydrogen) atoms. The molecule has 1 atom stereocenters. The number of nitrogens with zero attached hydrogens (tertiary/aromatic N) is 5. The number of aromatic nitrogens is 4. The summed E-state index contributed by atoms with van der Waals surface area (Å²) in [6.07, 6.45) is 7.01. The lowest BCUT2D eigenvalue weighted by molar-refractivity contribution is -0.143. The Hall–Kier alpha value is -2.18. The van der Waals surface area contributed by atoms with Gasteiger partial charge in [-0.2, -0.15) is 0 Å². The van der Waals surface area contributed by atoms with E-state index in [-0.39, 0.29) is 0 Å². The predicted molar refractivity (Wildman–Crippen MR) is 68.0 cm³/mol. The van der Waals surface area contributed by atoms with Crippen LogP contribution in [0.25, 0.3) is 5.65 Å². The molecule has 3 heterocycles. The largest absolute Gasteiger partial charge is 0.479 e. The Kier molecular flexibility index (Phi) is 2.62. The number of carbonyl (C=O) groups is 1. The fourth-order valence-corrected chi connectivity index (χ4v) is 2.86. The number of hydrogen-bond donors (Lipinski definition) is 1. The Morgan fingerprint density at radius 2 is 2.42 bits per heavy atom. The van der Waals surface area contributed by atoms with Crippen molar-refractivity contribution in [3.05, 3.63) is 18.7 Å². The van der Waals surface area contributed by atoms with E-state index in [1.165, 1.54) is 0 Å². The summed E-state index contributed by atoms with van der Waals surface area (Å²) in [5.41, 5.74) is -0.274. The van der Waals surface area contributed by atoms with Crippen LogP contribution in [-0.4, -0.2) is 42.7 Å². The van der Waals surface area contributed by atoms with Gasteiger partial charge in [0.1, 0.15) is 11.9 Å². The molecule has 0 radical (unpaired) electrons. The summed E-state index contributed by atoms with van der Waals surface area (Å²) in [6, 6.07) is 0. The molecule has 2 aromatic heterocycles. The van der Waals surface area contributed by atoms with Gasteiger partial charge >= 0.3 is 5.97 Å². The second-order valence-corrected chi connectivity index (χ2v) is 4.76. The van der Waals surface area contributed by atoms with E-state index < -0.39 is 11.5 Å². The minimum absolute atomic E-state index is 0.541. The molecular formula is C12H15N5O2. The molecule has 1 fully saturated rings. The van der Waals surface area contributed by atoms with Crippen LogP contribution in [0.15, 0.2) is 18.7 Å². The number of rotatable bonds is 3. The van der Waals surface area contributed by atoms with Gasteiger partial charge < -0.3 is 10.0 Å². The molecule has 1 aliphatic rings. The zero-order chi connectivity index (χ0) is 13.5. The van der Waals surface area contributed by atoms with Crippen LogP contribution in [0.1, 0.15) is 26.2 Å². The third-order valence-corrected chi connectivity index (χ3v) is 3.92. The van der Waals surface area contributed by atoms with E-state index in [1.807, 2.05) is 11.8 Å². The summed E-state index contributed by atoms with van der Waals surface area (Å²) in [7, 11) is 0. The van der Waals surface area contributed by atoms with Crippen molar-refractivity contribution in [3.8, 4) is 0 Å². The third-order valence-electron chi connectivity index (χ3n) is 3.92. The maximum absolute atomic E-state index is 11.7. The molecular weight excluding hydrogens is 246 g/mol. The van der Waals surface area contributed by atoms with E-state index in [0.717, 1.165) is 6.42 Å². The number of carboxylic acid groups (broad SMARTS) is 1. The summed E-state index contributed by atoms with van der Waals surface area (Å²) in [4.78, 5) is 17.9. The average Bonchev–Trinajstić information content (AvgIpc) is 3.05. The van der Waals surface area contributed by atoms with Crippen molar-refractivity contribution in [2.75, 3.05) is 11.4 Å². The molecule has 0 spiro atoms. The molecule has 2 aromatic rings. The lowest BCUT2D eigenvalue weighted by Gasteiger charge is -2.34. The summed E-state index contributed by atoms with van der Waals surface area (Å²) < 4.78 is 1.75. The lowest BCUT2D eigenvalue weighted by atomic mass is 9.93. The van der Waals surface area contributed by atoms with E-state index in [4.69, 9.17) is 0 Å². The van der Waals surface area contributed by atoms with Crippen LogP contribution in [0, 0.1) is 0 Å². The number of carboxylic acids is 1. The third kappa shape index (κ3) is 1.57. The van der Waals surface area contributed by atoms with Crippen molar-refractivity contribution in [1.29, 1.82) is 0 Å². The van der Waals surface area contributed by atoms with Gasteiger partial charge in [-0.15, -0.1) is 10.2 Å². The Bertz CT molecular complexity index is 625. The first-order chi connectivity index (χ1) is 9.19. The van der Waals surface area contributed by atoms with Gasteiger partial charge in [-0.1, -0.05) is 6.92 Å². The fraction of sp³-hybridized carbons (Fsp3) is 0.500. The summed E-state index contributed by atoms with van der Waals surface area (Å²) >= 11 is 0. The van der Waals surface area contributed by atoms with Crippen LogP contribution in [-0.2, 0) is 4.79 Å². The van der Waals surface area contributed by atoms with E-state index in [2.05, 4.69) is 15.2 Å². The van der Waals surface area contributed by atoms with Crippen molar-refractivity contribution in [1.82, 2.24) is 19.6 Å². The monoisotopic (exact) mass is 261 g/mol. The highest BCUT2D eigenvalue weighted by Gasteiger charge is 2.47.